The van der Waals surface area contributed by atoms with Crippen molar-refractivity contribution in [3.8, 4) is 0 Å². The van der Waals surface area contributed by atoms with Crippen molar-refractivity contribution < 1.29 is 9.18 Å². The van der Waals surface area contributed by atoms with Crippen molar-refractivity contribution in [2.24, 2.45) is 0 Å². The molecule has 6 heteroatoms. The van der Waals surface area contributed by atoms with Crippen LogP contribution < -0.4 is 5.32 Å². The minimum Gasteiger partial charge on any atom is -0.297 e. The molecule has 1 N–H and O–H groups in total. The molecule has 0 saturated heterocycles. The summed E-state index contributed by atoms with van der Waals surface area (Å²) in [6.45, 7) is 2.06. The largest absolute Gasteiger partial charge is 0.297 e. The summed E-state index contributed by atoms with van der Waals surface area (Å²) in [6, 6.07) is 5.89. The van der Waals surface area contributed by atoms with Crippen molar-refractivity contribution in [1.82, 2.24) is 10.2 Å². The van der Waals surface area contributed by atoms with Gasteiger partial charge in [-0.05, 0) is 30.2 Å². The van der Waals surface area contributed by atoms with Crippen molar-refractivity contribution in [3.63, 3.8) is 0 Å². The first-order valence-electron chi connectivity index (χ1n) is 6.24. The van der Waals surface area contributed by atoms with Crippen LogP contribution in [0.25, 0.3) is 6.08 Å². The maximum atomic E-state index is 12.7. The zero-order valence-corrected chi connectivity index (χ0v) is 11.8. The van der Waals surface area contributed by atoms with Gasteiger partial charge >= 0.3 is 0 Å². The molecule has 0 saturated carbocycles. The fourth-order valence-electron chi connectivity index (χ4n) is 1.51. The Morgan fingerprint density at radius 2 is 2.10 bits per heavy atom. The molecule has 0 aliphatic rings. The number of rotatable bonds is 5. The molecule has 1 heterocycles. The zero-order valence-electron chi connectivity index (χ0n) is 11.0. The smallest absolute Gasteiger partial charge is 0.250 e. The van der Waals surface area contributed by atoms with E-state index in [-0.39, 0.29) is 11.7 Å². The molecule has 1 amide bonds. The van der Waals surface area contributed by atoms with Gasteiger partial charge in [0.2, 0.25) is 11.0 Å². The first-order valence-corrected chi connectivity index (χ1v) is 7.06. The van der Waals surface area contributed by atoms with Gasteiger partial charge in [-0.1, -0.05) is 30.4 Å². The number of amides is 1. The van der Waals surface area contributed by atoms with Crippen LogP contribution in [-0.4, -0.2) is 16.1 Å². The van der Waals surface area contributed by atoms with E-state index in [1.54, 1.807) is 18.2 Å². The van der Waals surface area contributed by atoms with E-state index >= 15 is 0 Å². The second-order valence-electron chi connectivity index (χ2n) is 4.13. The maximum Gasteiger partial charge on any atom is 0.250 e. The number of nitrogens with zero attached hydrogens (tertiary/aromatic N) is 2. The predicted molar refractivity (Wildman–Crippen MR) is 78.0 cm³/mol. The third kappa shape index (κ3) is 4.24. The molecular formula is C14H14FN3OS. The molecule has 2 aromatic rings. The molecule has 0 aliphatic carbocycles. The fourth-order valence-corrected chi connectivity index (χ4v) is 2.36. The molecule has 104 valence electrons. The van der Waals surface area contributed by atoms with E-state index in [0.717, 1.165) is 23.4 Å². The van der Waals surface area contributed by atoms with Crippen LogP contribution in [0.1, 0.15) is 23.9 Å². The van der Waals surface area contributed by atoms with Gasteiger partial charge in [-0.25, -0.2) is 4.39 Å². The molecule has 0 fully saturated rings. The minimum atomic E-state index is -0.302. The molecule has 0 aliphatic heterocycles. The van der Waals surface area contributed by atoms with Crippen molar-refractivity contribution in [2.45, 2.75) is 19.8 Å². The van der Waals surface area contributed by atoms with Crippen molar-refractivity contribution in [2.75, 3.05) is 5.32 Å². The highest BCUT2D eigenvalue weighted by Crippen LogP contribution is 2.16. The van der Waals surface area contributed by atoms with Crippen LogP contribution in [0.3, 0.4) is 0 Å². The van der Waals surface area contributed by atoms with E-state index in [4.69, 9.17) is 0 Å². The summed E-state index contributed by atoms with van der Waals surface area (Å²) in [6.07, 6.45) is 4.85. The average Bonchev–Trinajstić information content (AvgIpc) is 2.86. The van der Waals surface area contributed by atoms with Gasteiger partial charge in [-0.2, -0.15) is 0 Å². The maximum absolute atomic E-state index is 12.7. The van der Waals surface area contributed by atoms with Gasteiger partial charge in [0.25, 0.3) is 0 Å². The Balaban J connectivity index is 1.92. The fraction of sp³-hybridized carbons (Fsp3) is 0.214. The summed E-state index contributed by atoms with van der Waals surface area (Å²) in [5.41, 5.74) is 0.755. The number of aromatic nitrogens is 2. The standard InChI is InChI=1S/C14H14FN3OS/c1-2-3-13-17-18-14(20-13)16-12(19)9-6-10-4-7-11(15)8-5-10/h4-9H,2-3H2,1H3,(H,16,18,19)/b9-6+. The molecule has 1 aromatic heterocycles. The second-order valence-corrected chi connectivity index (χ2v) is 5.19. The van der Waals surface area contributed by atoms with E-state index in [1.165, 1.54) is 29.5 Å². The van der Waals surface area contributed by atoms with Crippen LogP contribution in [0.15, 0.2) is 30.3 Å². The molecule has 1 aromatic carbocycles. The number of hydrogen-bond donors (Lipinski definition) is 1. The molecule has 0 spiro atoms. The van der Waals surface area contributed by atoms with Gasteiger partial charge < -0.3 is 0 Å². The number of halogens is 1. The van der Waals surface area contributed by atoms with Crippen LogP contribution in [0.2, 0.25) is 0 Å². The Kier molecular flexibility index (Phi) is 4.95. The number of anilines is 1. The Labute approximate surface area is 120 Å². The predicted octanol–water partition coefficient (Wildman–Crippen LogP) is 3.28. The van der Waals surface area contributed by atoms with Crippen LogP contribution in [-0.2, 0) is 11.2 Å². The van der Waals surface area contributed by atoms with E-state index < -0.39 is 0 Å². The highest BCUT2D eigenvalue weighted by molar-refractivity contribution is 7.15. The van der Waals surface area contributed by atoms with Crippen LogP contribution in [0, 0.1) is 5.82 Å². The molecule has 4 nitrogen and oxygen atoms in total. The molecule has 0 bridgehead atoms. The lowest BCUT2D eigenvalue weighted by Crippen LogP contribution is -2.07. The van der Waals surface area contributed by atoms with Gasteiger partial charge in [-0.3, -0.25) is 10.1 Å². The summed E-state index contributed by atoms with van der Waals surface area (Å²) in [7, 11) is 0. The SMILES string of the molecule is CCCc1nnc(NC(=O)/C=C/c2ccc(F)cc2)s1. The first kappa shape index (κ1) is 14.3. The molecule has 0 atom stereocenters. The van der Waals surface area contributed by atoms with Crippen molar-refractivity contribution in [3.05, 3.63) is 46.7 Å². The Morgan fingerprint density at radius 1 is 1.35 bits per heavy atom. The minimum absolute atomic E-state index is 0.284. The number of nitrogens with one attached hydrogen (secondary N) is 1. The lowest BCUT2D eigenvalue weighted by molar-refractivity contribution is -0.111. The van der Waals surface area contributed by atoms with Gasteiger partial charge in [0.1, 0.15) is 10.8 Å². The first-order chi connectivity index (χ1) is 9.67. The summed E-state index contributed by atoms with van der Waals surface area (Å²) in [5.74, 6) is -0.586. The molecule has 2 rings (SSSR count). The number of carbonyl (C=O) groups is 1. The summed E-state index contributed by atoms with van der Waals surface area (Å²) in [5, 5.41) is 11.9. The lowest BCUT2D eigenvalue weighted by Gasteiger charge is -1.95. The molecular weight excluding hydrogens is 277 g/mol. The number of hydrogen-bond acceptors (Lipinski definition) is 4. The third-order valence-corrected chi connectivity index (χ3v) is 3.36. The van der Waals surface area contributed by atoms with Gasteiger partial charge in [0.15, 0.2) is 0 Å². The monoisotopic (exact) mass is 291 g/mol. The van der Waals surface area contributed by atoms with Gasteiger partial charge in [0.05, 0.1) is 0 Å². The quantitative estimate of drug-likeness (QED) is 0.860. The summed E-state index contributed by atoms with van der Waals surface area (Å²) >= 11 is 1.37. The van der Waals surface area contributed by atoms with E-state index in [1.807, 2.05) is 0 Å². The number of benzene rings is 1. The number of aryl methyl sites for hydroxylation is 1. The normalized spacial score (nSPS) is 10.9. The van der Waals surface area contributed by atoms with E-state index in [2.05, 4.69) is 22.4 Å². The van der Waals surface area contributed by atoms with Gasteiger partial charge in [-0.15, -0.1) is 10.2 Å². The second kappa shape index (κ2) is 6.91. The van der Waals surface area contributed by atoms with E-state index in [0.29, 0.717) is 5.13 Å². The number of carbonyl (C=O) groups excluding carboxylic acids is 1. The summed E-state index contributed by atoms with van der Waals surface area (Å²) < 4.78 is 12.7. The highest BCUT2D eigenvalue weighted by Gasteiger charge is 2.05. The summed E-state index contributed by atoms with van der Waals surface area (Å²) in [4.78, 5) is 11.7. The highest BCUT2D eigenvalue weighted by atomic mass is 32.1. The topological polar surface area (TPSA) is 54.9 Å². The Bertz CT molecular complexity index is 607. The van der Waals surface area contributed by atoms with Crippen LogP contribution in [0.4, 0.5) is 9.52 Å². The lowest BCUT2D eigenvalue weighted by atomic mass is 10.2. The van der Waals surface area contributed by atoms with Crippen LogP contribution >= 0.6 is 11.3 Å². The Hall–Kier alpha value is -2.08. The van der Waals surface area contributed by atoms with Crippen LogP contribution in [0.5, 0.6) is 0 Å². The van der Waals surface area contributed by atoms with Crippen molar-refractivity contribution in [1.29, 1.82) is 0 Å². The molecule has 0 unspecified atom stereocenters. The molecule has 0 radical (unpaired) electrons. The van der Waals surface area contributed by atoms with Gasteiger partial charge in [0, 0.05) is 12.5 Å². The zero-order chi connectivity index (χ0) is 14.4. The van der Waals surface area contributed by atoms with Crippen molar-refractivity contribution >= 4 is 28.5 Å². The molecule has 20 heavy (non-hydrogen) atoms. The third-order valence-electron chi connectivity index (χ3n) is 2.46. The average molecular weight is 291 g/mol. The van der Waals surface area contributed by atoms with E-state index in [9.17, 15) is 9.18 Å². The Morgan fingerprint density at radius 3 is 2.80 bits per heavy atom.